The van der Waals surface area contributed by atoms with Crippen LogP contribution in [0.4, 0.5) is 23.2 Å². The summed E-state index contributed by atoms with van der Waals surface area (Å²) in [7, 11) is 1.30. The molecule has 14 heteroatoms. The lowest BCUT2D eigenvalue weighted by atomic mass is 9.81. The van der Waals surface area contributed by atoms with Gasteiger partial charge in [0.15, 0.2) is 0 Å². The maximum atomic E-state index is 14.6. The lowest BCUT2D eigenvalue weighted by Gasteiger charge is -2.31. The summed E-state index contributed by atoms with van der Waals surface area (Å²) in [5.74, 6) is -2.78. The molecule has 0 saturated carbocycles. The third-order valence-electron chi connectivity index (χ3n) is 7.41. The van der Waals surface area contributed by atoms with Gasteiger partial charge in [-0.25, -0.2) is 9.37 Å². The largest absolute Gasteiger partial charge is 0.495 e. The predicted molar refractivity (Wildman–Crippen MR) is 139 cm³/mol. The number of halogens is 4. The first-order valence-electron chi connectivity index (χ1n) is 12.5. The number of nitrogens with zero attached hydrogens (tertiary/aromatic N) is 1. The summed E-state index contributed by atoms with van der Waals surface area (Å²) < 4.78 is 68.2. The number of carbonyl (C=O) groups excluding carboxylic acids is 3. The van der Waals surface area contributed by atoms with Crippen LogP contribution < -0.4 is 25.8 Å². The Morgan fingerprint density at radius 3 is 2.52 bits per heavy atom. The van der Waals surface area contributed by atoms with E-state index in [1.807, 2.05) is 0 Å². The van der Waals surface area contributed by atoms with E-state index >= 15 is 0 Å². The van der Waals surface area contributed by atoms with Crippen molar-refractivity contribution in [3.63, 3.8) is 0 Å². The Morgan fingerprint density at radius 2 is 1.90 bits per heavy atom. The van der Waals surface area contributed by atoms with E-state index in [0.29, 0.717) is 11.3 Å². The number of anilines is 1. The van der Waals surface area contributed by atoms with Crippen molar-refractivity contribution in [1.29, 1.82) is 0 Å². The number of aliphatic hydroxyl groups is 1. The molecule has 0 aliphatic carbocycles. The van der Waals surface area contributed by atoms with Crippen LogP contribution in [-0.2, 0) is 27.0 Å². The van der Waals surface area contributed by atoms with E-state index in [-0.39, 0.29) is 52.8 Å². The molecule has 0 saturated heterocycles. The van der Waals surface area contributed by atoms with Gasteiger partial charge in [0.1, 0.15) is 35.0 Å². The third kappa shape index (κ3) is 4.66. The Balaban J connectivity index is 1.57. The number of carbonyl (C=O) groups is 3. The van der Waals surface area contributed by atoms with Crippen LogP contribution in [0, 0.1) is 5.82 Å². The molecule has 220 valence electrons. The van der Waals surface area contributed by atoms with Gasteiger partial charge in [0.05, 0.1) is 31.5 Å². The van der Waals surface area contributed by atoms with Gasteiger partial charge in [-0.3, -0.25) is 14.4 Å². The second kappa shape index (κ2) is 9.98. The smallest absolute Gasteiger partial charge is 0.424 e. The summed E-state index contributed by atoms with van der Waals surface area (Å²) >= 11 is 0. The first kappa shape index (κ1) is 28.8. The summed E-state index contributed by atoms with van der Waals surface area (Å²) in [5, 5.41) is 15.8. The molecule has 0 bridgehead atoms. The van der Waals surface area contributed by atoms with Crippen molar-refractivity contribution in [3.05, 3.63) is 70.7 Å². The number of primary amides is 1. The summed E-state index contributed by atoms with van der Waals surface area (Å²) in [5.41, 5.74) is -0.190. The van der Waals surface area contributed by atoms with Crippen LogP contribution >= 0.6 is 0 Å². The van der Waals surface area contributed by atoms with Gasteiger partial charge in [-0.1, -0.05) is 0 Å². The molecule has 2 atom stereocenters. The topological polar surface area (TPSA) is 153 Å². The lowest BCUT2D eigenvalue weighted by molar-refractivity contribution is -0.265. The Labute approximate surface area is 235 Å². The van der Waals surface area contributed by atoms with E-state index in [2.05, 4.69) is 15.6 Å². The molecular formula is C28H24F4N4O6. The number of pyridine rings is 1. The number of methoxy groups -OCH3 is 1. The van der Waals surface area contributed by atoms with Gasteiger partial charge in [-0.05, 0) is 55.0 Å². The predicted octanol–water partition coefficient (Wildman–Crippen LogP) is 2.71. The number of nitrogens with one attached hydrogen (secondary N) is 2. The van der Waals surface area contributed by atoms with Crippen LogP contribution in [-0.4, -0.2) is 54.2 Å². The number of rotatable bonds is 7. The van der Waals surface area contributed by atoms with Crippen molar-refractivity contribution < 1.29 is 46.5 Å². The average Bonchev–Trinajstić information content (AvgIpc) is 3.50. The minimum absolute atomic E-state index is 0.0476. The van der Waals surface area contributed by atoms with Gasteiger partial charge in [-0.15, -0.1) is 0 Å². The normalized spacial score (nSPS) is 18.8. The molecule has 0 spiro atoms. The fraction of sp³-hybridized carbons (Fsp3) is 0.286. The molecule has 0 unspecified atom stereocenters. The van der Waals surface area contributed by atoms with Crippen molar-refractivity contribution in [2.45, 2.75) is 30.5 Å². The fourth-order valence-corrected chi connectivity index (χ4v) is 4.85. The van der Waals surface area contributed by atoms with Gasteiger partial charge in [0.25, 0.3) is 5.91 Å². The second-order valence-electron chi connectivity index (χ2n) is 10.2. The first-order valence-corrected chi connectivity index (χ1v) is 12.5. The number of alkyl halides is 3. The van der Waals surface area contributed by atoms with Crippen molar-refractivity contribution in [3.8, 4) is 22.8 Å². The Kier molecular flexibility index (Phi) is 6.84. The number of amides is 3. The fourth-order valence-electron chi connectivity index (χ4n) is 4.85. The van der Waals surface area contributed by atoms with Crippen LogP contribution in [0.2, 0.25) is 0 Å². The van der Waals surface area contributed by atoms with Crippen LogP contribution in [0.5, 0.6) is 11.5 Å². The Bertz CT molecular complexity index is 1630. The molecule has 5 N–H and O–H groups in total. The number of nitrogens with two attached hydrogens (primary N) is 1. The molecule has 3 amide bonds. The highest BCUT2D eigenvalue weighted by molar-refractivity contribution is 6.03. The van der Waals surface area contributed by atoms with Crippen molar-refractivity contribution in [2.24, 2.45) is 5.73 Å². The number of ether oxygens (including phenoxy) is 2. The maximum Gasteiger partial charge on any atom is 0.424 e. The lowest BCUT2D eigenvalue weighted by Crippen LogP contribution is -2.51. The van der Waals surface area contributed by atoms with E-state index in [1.54, 1.807) is 0 Å². The zero-order chi connectivity index (χ0) is 30.6. The molecule has 3 aromatic rings. The van der Waals surface area contributed by atoms with Gasteiger partial charge in [0, 0.05) is 16.7 Å². The number of hydrogen-bond donors (Lipinski definition) is 4. The van der Waals surface area contributed by atoms with Crippen molar-refractivity contribution in [1.82, 2.24) is 10.3 Å². The van der Waals surface area contributed by atoms with Gasteiger partial charge in [0.2, 0.25) is 17.4 Å². The molecule has 0 fully saturated rings. The van der Waals surface area contributed by atoms with E-state index in [0.717, 1.165) is 18.2 Å². The van der Waals surface area contributed by atoms with Crippen LogP contribution in [0.3, 0.4) is 0 Å². The molecule has 1 aromatic heterocycles. The average molecular weight is 589 g/mol. The van der Waals surface area contributed by atoms with Crippen molar-refractivity contribution in [2.75, 3.05) is 25.6 Å². The maximum absolute atomic E-state index is 14.6. The number of hydrogen-bond acceptors (Lipinski definition) is 7. The van der Waals surface area contributed by atoms with E-state index < -0.39 is 47.1 Å². The van der Waals surface area contributed by atoms with E-state index in [4.69, 9.17) is 15.2 Å². The SMILES string of the molecule is COc1cc(C(=O)NC[C@](O)(c2cc3c(c(-c4ccc(F)cc4)n2)OC[C@]3(C)C(N)=O)C(F)(F)F)cc2c1NC(=O)C2. The standard InChI is InChI=1S/C28H24F4N4O6/c1-26(25(33)39)12-42-23-17(26)10-19(35-22(23)13-3-5-16(29)6-4-13)27(40,28(30,31)32)11-34-24(38)15-7-14-9-20(37)36-21(14)18(8-15)41-2/h3-8,10,40H,9,11-12H2,1-2H3,(H2,33,39)(H,34,38)(H,36,37)/t26-,27-/m0/s1. The molecule has 10 nitrogen and oxygen atoms in total. The van der Waals surface area contributed by atoms with Crippen LogP contribution in [0.1, 0.15) is 34.1 Å². The molecule has 3 heterocycles. The monoisotopic (exact) mass is 588 g/mol. The van der Waals surface area contributed by atoms with Gasteiger partial charge in [-0.2, -0.15) is 13.2 Å². The molecule has 0 radical (unpaired) electrons. The van der Waals surface area contributed by atoms with E-state index in [9.17, 15) is 37.1 Å². The van der Waals surface area contributed by atoms with Gasteiger partial charge >= 0.3 is 6.18 Å². The summed E-state index contributed by atoms with van der Waals surface area (Å²) in [6, 6.07) is 8.05. The minimum atomic E-state index is -5.38. The molecule has 2 aromatic carbocycles. The zero-order valence-electron chi connectivity index (χ0n) is 22.2. The first-order chi connectivity index (χ1) is 19.7. The highest BCUT2D eigenvalue weighted by atomic mass is 19.4. The highest BCUT2D eigenvalue weighted by Crippen LogP contribution is 2.47. The zero-order valence-corrected chi connectivity index (χ0v) is 22.2. The Hall–Kier alpha value is -4.72. The molecule has 5 rings (SSSR count). The highest BCUT2D eigenvalue weighted by Gasteiger charge is 2.57. The van der Waals surface area contributed by atoms with Crippen LogP contribution in [0.25, 0.3) is 11.3 Å². The quantitative estimate of drug-likeness (QED) is 0.310. The van der Waals surface area contributed by atoms with Gasteiger partial charge < -0.3 is 30.9 Å². The van der Waals surface area contributed by atoms with Crippen LogP contribution in [0.15, 0.2) is 42.5 Å². The molecule has 2 aliphatic heterocycles. The second-order valence-corrected chi connectivity index (χ2v) is 10.2. The summed E-state index contributed by atoms with van der Waals surface area (Å²) in [6.07, 6.45) is -5.44. The molecular weight excluding hydrogens is 564 g/mol. The number of fused-ring (bicyclic) bond motifs is 2. The number of aromatic nitrogens is 1. The number of benzene rings is 2. The van der Waals surface area contributed by atoms with Crippen molar-refractivity contribution >= 4 is 23.4 Å². The van der Waals surface area contributed by atoms with E-state index in [1.165, 1.54) is 38.3 Å². The molecule has 42 heavy (non-hydrogen) atoms. The summed E-state index contributed by atoms with van der Waals surface area (Å²) in [6.45, 7) is -0.320. The molecule has 2 aliphatic rings. The Morgan fingerprint density at radius 1 is 1.21 bits per heavy atom. The minimum Gasteiger partial charge on any atom is -0.495 e. The third-order valence-corrected chi connectivity index (χ3v) is 7.41. The summed E-state index contributed by atoms with van der Waals surface area (Å²) in [4.78, 5) is 41.2.